The molecule has 1 aromatic carbocycles. The minimum Gasteiger partial charge on any atom is -0.376 e. The predicted octanol–water partition coefficient (Wildman–Crippen LogP) is 2.31. The molecule has 0 saturated carbocycles. The zero-order valence-corrected chi connectivity index (χ0v) is 15.1. The molecule has 2 fully saturated rings. The summed E-state index contributed by atoms with van der Waals surface area (Å²) in [7, 11) is 0. The molecule has 0 bridgehead atoms. The van der Waals surface area contributed by atoms with E-state index in [1.807, 2.05) is 45.9 Å². The third-order valence-corrected chi connectivity index (χ3v) is 4.93. The number of epoxide rings is 2. The van der Waals surface area contributed by atoms with Gasteiger partial charge in [0.1, 0.15) is 12.2 Å². The van der Waals surface area contributed by atoms with Crippen molar-refractivity contribution in [1.82, 2.24) is 0 Å². The van der Waals surface area contributed by atoms with Gasteiger partial charge in [0.05, 0.1) is 26.4 Å². The second-order valence-corrected chi connectivity index (χ2v) is 7.36. The molecule has 2 N–H and O–H groups in total. The molecule has 0 aromatic heterocycles. The number of aliphatic hydroxyl groups is 2. The van der Waals surface area contributed by atoms with Crippen LogP contribution >= 0.6 is 0 Å². The minimum atomic E-state index is -1.79. The van der Waals surface area contributed by atoms with Crippen molar-refractivity contribution < 1.29 is 24.4 Å². The van der Waals surface area contributed by atoms with Crippen molar-refractivity contribution >= 4 is 0 Å². The molecule has 3 rings (SSSR count). The first kappa shape index (κ1) is 19.3. The molecule has 5 nitrogen and oxygen atoms in total. The molecular formula is C19H30O5. The lowest BCUT2D eigenvalue weighted by Crippen LogP contribution is -2.45. The number of hydrogen-bond acceptors (Lipinski definition) is 5. The van der Waals surface area contributed by atoms with Crippen molar-refractivity contribution in [1.29, 1.82) is 0 Å². The van der Waals surface area contributed by atoms with E-state index in [-0.39, 0.29) is 5.92 Å². The first-order chi connectivity index (χ1) is 11.2. The number of rotatable bonds is 7. The Morgan fingerprint density at radius 3 is 1.88 bits per heavy atom. The van der Waals surface area contributed by atoms with Gasteiger partial charge in [0, 0.05) is 11.0 Å². The Morgan fingerprint density at radius 2 is 1.50 bits per heavy atom. The summed E-state index contributed by atoms with van der Waals surface area (Å²) in [4.78, 5) is 0. The number of ether oxygens (including phenoxy) is 3. The van der Waals surface area contributed by atoms with Gasteiger partial charge in [0.2, 0.25) is 0 Å². The van der Waals surface area contributed by atoms with Gasteiger partial charge >= 0.3 is 0 Å². The third kappa shape index (κ3) is 5.26. The number of hydrogen-bond donors (Lipinski definition) is 2. The van der Waals surface area contributed by atoms with Gasteiger partial charge in [-0.1, -0.05) is 58.0 Å². The largest absolute Gasteiger partial charge is 0.376 e. The summed E-state index contributed by atoms with van der Waals surface area (Å²) in [5, 5.41) is 20.5. The van der Waals surface area contributed by atoms with E-state index in [0.717, 1.165) is 26.4 Å². The van der Waals surface area contributed by atoms with Crippen LogP contribution < -0.4 is 0 Å². The van der Waals surface area contributed by atoms with Crippen molar-refractivity contribution in [2.75, 3.05) is 26.4 Å². The quantitative estimate of drug-likeness (QED) is 0.589. The second kappa shape index (κ2) is 7.93. The van der Waals surface area contributed by atoms with Crippen LogP contribution in [0.15, 0.2) is 30.3 Å². The Bertz CT molecular complexity index is 478. The highest BCUT2D eigenvalue weighted by atomic mass is 16.6. The molecule has 0 amide bonds. The number of benzene rings is 1. The summed E-state index contributed by atoms with van der Waals surface area (Å²) < 4.78 is 15.1. The van der Waals surface area contributed by atoms with Crippen LogP contribution in [-0.4, -0.2) is 48.8 Å². The van der Waals surface area contributed by atoms with Gasteiger partial charge in [0.25, 0.3) is 0 Å². The van der Waals surface area contributed by atoms with Crippen LogP contribution in [0.3, 0.4) is 0 Å². The van der Waals surface area contributed by atoms with E-state index < -0.39 is 11.2 Å². The minimum absolute atomic E-state index is 0.174. The van der Waals surface area contributed by atoms with E-state index in [9.17, 15) is 10.2 Å². The summed E-state index contributed by atoms with van der Waals surface area (Å²) in [6, 6.07) is 8.97. The summed E-state index contributed by atoms with van der Waals surface area (Å²) in [5.74, 6) is -1.62. The van der Waals surface area contributed by atoms with E-state index in [4.69, 9.17) is 14.2 Å². The molecule has 2 heterocycles. The fourth-order valence-corrected chi connectivity index (χ4v) is 2.10. The molecule has 1 aromatic rings. The lowest BCUT2D eigenvalue weighted by atomic mass is 9.71. The molecule has 5 heteroatoms. The Hall–Kier alpha value is -0.980. The van der Waals surface area contributed by atoms with Crippen LogP contribution in [0.25, 0.3) is 0 Å². The highest BCUT2D eigenvalue weighted by Crippen LogP contribution is 2.42. The average Bonchev–Trinajstić information content (AvgIpc) is 3.44. The predicted molar refractivity (Wildman–Crippen MR) is 91.5 cm³/mol. The molecule has 136 valence electrons. The summed E-state index contributed by atoms with van der Waals surface area (Å²) in [5.41, 5.74) is -0.0438. The SMILES string of the molecule is C(OCC1CO1)C1CO1.CC(C)C(C)(C)C(O)(O)c1ccccc1. The first-order valence-electron chi connectivity index (χ1n) is 8.56. The molecule has 2 unspecified atom stereocenters. The van der Waals surface area contributed by atoms with E-state index in [1.54, 1.807) is 12.1 Å². The molecule has 2 aliphatic heterocycles. The van der Waals surface area contributed by atoms with Gasteiger partial charge < -0.3 is 24.4 Å². The maximum atomic E-state index is 10.2. The van der Waals surface area contributed by atoms with Crippen molar-refractivity contribution in [3.63, 3.8) is 0 Å². The molecule has 0 radical (unpaired) electrons. The fourth-order valence-electron chi connectivity index (χ4n) is 2.10. The lowest BCUT2D eigenvalue weighted by molar-refractivity contribution is -0.256. The second-order valence-electron chi connectivity index (χ2n) is 7.36. The standard InChI is InChI=1S/C13H20O2.C6H10O3/c1-10(2)12(3,4)13(14,15)11-8-6-5-7-9-11;1(5-3-8-5)7-2-6-4-9-6/h5-10,14-15H,1-4H3;5-6H,1-4H2. The molecule has 0 spiro atoms. The van der Waals surface area contributed by atoms with Gasteiger partial charge in [-0.25, -0.2) is 0 Å². The highest BCUT2D eigenvalue weighted by molar-refractivity contribution is 5.22. The third-order valence-electron chi connectivity index (χ3n) is 4.93. The molecule has 2 aliphatic rings. The Kier molecular flexibility index (Phi) is 6.39. The zero-order chi connectivity index (χ0) is 17.8. The topological polar surface area (TPSA) is 74.8 Å². The lowest BCUT2D eigenvalue weighted by Gasteiger charge is -2.41. The van der Waals surface area contributed by atoms with Crippen molar-refractivity contribution in [3.8, 4) is 0 Å². The highest BCUT2D eigenvalue weighted by Gasteiger charge is 2.45. The zero-order valence-electron chi connectivity index (χ0n) is 15.1. The summed E-state index contributed by atoms with van der Waals surface area (Å²) in [6.45, 7) is 11.0. The molecular weight excluding hydrogens is 308 g/mol. The Morgan fingerprint density at radius 1 is 1.04 bits per heavy atom. The van der Waals surface area contributed by atoms with Crippen molar-refractivity contribution in [2.24, 2.45) is 11.3 Å². The average molecular weight is 338 g/mol. The monoisotopic (exact) mass is 338 g/mol. The fraction of sp³-hybridized carbons (Fsp3) is 0.684. The van der Waals surface area contributed by atoms with Crippen LogP contribution in [0, 0.1) is 11.3 Å². The van der Waals surface area contributed by atoms with Crippen LogP contribution in [0.1, 0.15) is 33.3 Å². The van der Waals surface area contributed by atoms with Gasteiger partial charge in [0.15, 0.2) is 5.79 Å². The summed E-state index contributed by atoms with van der Waals surface area (Å²) in [6.07, 6.45) is 0.785. The maximum absolute atomic E-state index is 10.2. The van der Waals surface area contributed by atoms with Crippen LogP contribution in [0.2, 0.25) is 0 Å². The molecule has 2 saturated heterocycles. The molecule has 2 atom stereocenters. The van der Waals surface area contributed by atoms with Gasteiger partial charge in [-0.2, -0.15) is 0 Å². The summed E-state index contributed by atoms with van der Waals surface area (Å²) >= 11 is 0. The van der Waals surface area contributed by atoms with Crippen LogP contribution in [0.4, 0.5) is 0 Å². The van der Waals surface area contributed by atoms with E-state index >= 15 is 0 Å². The maximum Gasteiger partial charge on any atom is 0.195 e. The molecule has 0 aliphatic carbocycles. The Balaban J connectivity index is 0.000000194. The van der Waals surface area contributed by atoms with E-state index in [2.05, 4.69) is 0 Å². The van der Waals surface area contributed by atoms with Crippen LogP contribution in [-0.2, 0) is 20.0 Å². The van der Waals surface area contributed by atoms with E-state index in [1.165, 1.54) is 0 Å². The first-order valence-corrected chi connectivity index (χ1v) is 8.56. The molecule has 24 heavy (non-hydrogen) atoms. The van der Waals surface area contributed by atoms with Crippen molar-refractivity contribution in [2.45, 2.75) is 45.7 Å². The van der Waals surface area contributed by atoms with Gasteiger partial charge in [-0.3, -0.25) is 0 Å². The Labute approximate surface area is 144 Å². The van der Waals surface area contributed by atoms with Crippen LogP contribution in [0.5, 0.6) is 0 Å². The van der Waals surface area contributed by atoms with Crippen molar-refractivity contribution in [3.05, 3.63) is 35.9 Å². The van der Waals surface area contributed by atoms with Gasteiger partial charge in [-0.05, 0) is 5.92 Å². The van der Waals surface area contributed by atoms with E-state index in [0.29, 0.717) is 17.8 Å². The smallest absolute Gasteiger partial charge is 0.195 e. The normalized spacial score (nSPS) is 22.8. The van der Waals surface area contributed by atoms with Gasteiger partial charge in [-0.15, -0.1) is 0 Å².